The third-order valence-electron chi connectivity index (χ3n) is 25.5. The van der Waals surface area contributed by atoms with Crippen LogP contribution in [0.2, 0.25) is 0 Å². The molecular formula is C114H69N7OS2. The number of fused-ring (bicyclic) bond motifs is 14. The number of hydrogen-bond donors (Lipinski definition) is 0. The van der Waals surface area contributed by atoms with Crippen molar-refractivity contribution in [2.24, 2.45) is 0 Å². The monoisotopic (exact) mass is 1620 g/mol. The van der Waals surface area contributed by atoms with Gasteiger partial charge in [-0.2, -0.15) is 0 Å². The fraction of sp³-hybridized carbons (Fsp3) is 0.0175. The number of para-hydroxylation sites is 3. The van der Waals surface area contributed by atoms with Crippen LogP contribution in [0.5, 0.6) is 0 Å². The first kappa shape index (κ1) is 71.2. The van der Waals surface area contributed by atoms with E-state index < -0.39 is 10.8 Å². The molecule has 2 aliphatic carbocycles. The molecule has 0 aliphatic heterocycles. The summed E-state index contributed by atoms with van der Waals surface area (Å²) in [7, 11) is 0. The van der Waals surface area contributed by atoms with E-state index in [1.165, 1.54) is 57.7 Å². The number of thiophene rings is 2. The zero-order chi connectivity index (χ0) is 81.6. The molecule has 0 amide bonds. The SMILES string of the molecule is c1ccc(C2(c3ccccc3)c3ccccc3-c3c(-c4nc(-c5ccc(-c6cc7ccccc7s6)cc5)nc(-c5ccc(-n6c7ccccc7c7cc(-c8cccc(C9(c%10ccccc%10)c%10ccccc%10-c%10c(-c%11nc(-c%12ccc(-c%13cc%14ccccc%14s%13)cc%12)nc(-c%12cccc%13c%12oc%12ccccc%12%13)n%11)cccc%109)c8)ccc76)cc5)n4)cccc32)cc1. The van der Waals surface area contributed by atoms with Crippen molar-refractivity contribution in [1.29, 1.82) is 0 Å². The van der Waals surface area contributed by atoms with Crippen LogP contribution in [-0.2, 0) is 10.8 Å². The van der Waals surface area contributed by atoms with Gasteiger partial charge in [-0.05, 0) is 185 Å². The third kappa shape index (κ3) is 11.1. The topological polar surface area (TPSA) is 95.4 Å². The molecule has 8 nitrogen and oxygen atoms in total. The molecule has 0 saturated heterocycles. The van der Waals surface area contributed by atoms with Crippen LogP contribution < -0.4 is 0 Å². The highest BCUT2D eigenvalue weighted by Crippen LogP contribution is 2.61. The van der Waals surface area contributed by atoms with Gasteiger partial charge < -0.3 is 8.98 Å². The molecule has 23 aromatic rings. The lowest BCUT2D eigenvalue weighted by Crippen LogP contribution is -2.28. The van der Waals surface area contributed by atoms with Crippen molar-refractivity contribution in [2.45, 2.75) is 10.8 Å². The summed E-state index contributed by atoms with van der Waals surface area (Å²) in [5.74, 6) is 3.43. The van der Waals surface area contributed by atoms with E-state index in [4.69, 9.17) is 34.3 Å². The molecule has 0 bridgehead atoms. The van der Waals surface area contributed by atoms with E-state index in [1.54, 1.807) is 22.7 Å². The molecule has 1 unspecified atom stereocenters. The van der Waals surface area contributed by atoms with Crippen LogP contribution in [0.1, 0.15) is 44.5 Å². The van der Waals surface area contributed by atoms with Gasteiger partial charge in [0.15, 0.2) is 34.9 Å². The molecule has 2 aliphatic rings. The second kappa shape index (κ2) is 28.5. The van der Waals surface area contributed by atoms with E-state index in [9.17, 15) is 0 Å². The van der Waals surface area contributed by atoms with Gasteiger partial charge in [0.05, 0.1) is 27.4 Å². The number of aromatic nitrogens is 7. The molecule has 25 rings (SSSR count). The van der Waals surface area contributed by atoms with E-state index in [0.29, 0.717) is 34.9 Å². The average molecular weight is 1620 g/mol. The van der Waals surface area contributed by atoms with Crippen LogP contribution in [0.25, 0.3) is 192 Å². The Bertz CT molecular complexity index is 8130. The summed E-state index contributed by atoms with van der Waals surface area (Å²) < 4.78 is 11.7. The van der Waals surface area contributed by atoms with Gasteiger partial charge in [-0.1, -0.05) is 334 Å². The van der Waals surface area contributed by atoms with Gasteiger partial charge in [0.2, 0.25) is 0 Å². The van der Waals surface area contributed by atoms with Gasteiger partial charge in [-0.3, -0.25) is 0 Å². The van der Waals surface area contributed by atoms with Crippen LogP contribution in [-0.4, -0.2) is 34.5 Å². The maximum absolute atomic E-state index is 6.75. The van der Waals surface area contributed by atoms with Gasteiger partial charge in [0, 0.05) is 74.2 Å². The van der Waals surface area contributed by atoms with Gasteiger partial charge in [-0.15, -0.1) is 22.7 Å². The van der Waals surface area contributed by atoms with E-state index >= 15 is 0 Å². The quantitative estimate of drug-likeness (QED) is 0.107. The number of benzene rings is 17. The summed E-state index contributed by atoms with van der Waals surface area (Å²) in [4.78, 5) is 35.5. The first-order valence-corrected chi connectivity index (χ1v) is 43.6. The molecule has 124 heavy (non-hydrogen) atoms. The van der Waals surface area contributed by atoms with Crippen molar-refractivity contribution in [3.8, 4) is 128 Å². The average Bonchev–Trinajstić information content (AvgIpc) is 1.53. The lowest BCUT2D eigenvalue weighted by molar-refractivity contribution is 0.669. The van der Waals surface area contributed by atoms with Crippen molar-refractivity contribution >= 4 is 86.6 Å². The summed E-state index contributed by atoms with van der Waals surface area (Å²) in [5.41, 5.74) is 27.0. The first-order valence-electron chi connectivity index (χ1n) is 41.9. The lowest BCUT2D eigenvalue weighted by Gasteiger charge is -2.34. The van der Waals surface area contributed by atoms with Crippen LogP contribution >= 0.6 is 22.7 Å². The smallest absolute Gasteiger partial charge is 0.167 e. The number of nitrogens with zero attached hydrogens (tertiary/aromatic N) is 7. The first-order chi connectivity index (χ1) is 61.4. The standard InChI is InChI=1S/C114H69N7OS2/c1-4-29-79(30-5-1)113(80-31-6-2-7-32-80)93-44-16-12-38-87(93)104-89(41-24-46-95(104)113)110-116-107(72-56-52-70(53-57-72)102-68-77-26-10-20-50-100(77)123-102)115-108(117-110)74-60-63-83(64-61-74)121-97-48-18-14-36-84(97)92-67-76(62-65-98(92)121)75-28-22-35-82(66-75)114(81-33-8-3-9-34-81)94-45-17-13-39-88(94)105-90(42-25-47-96(105)114)111-118-109(73-58-54-71(55-59-73)103-69-78-27-11-21-51-101(78)124-103)119-112(120-111)91-43-23-40-86-85-37-15-19-49-99(85)122-106(86)91/h1-69H. The largest absolute Gasteiger partial charge is 0.455 e. The Balaban J connectivity index is 0.602. The molecule has 6 aromatic heterocycles. The minimum atomic E-state index is -0.783. The van der Waals surface area contributed by atoms with Crippen LogP contribution in [0.3, 0.4) is 0 Å². The highest BCUT2D eigenvalue weighted by Gasteiger charge is 2.49. The third-order valence-corrected chi connectivity index (χ3v) is 27.9. The summed E-state index contributed by atoms with van der Waals surface area (Å²) in [5, 5.41) is 6.81. The van der Waals surface area contributed by atoms with Crippen molar-refractivity contribution in [3.05, 3.63) is 463 Å². The zero-order valence-corrected chi connectivity index (χ0v) is 68.3. The molecule has 0 saturated carbocycles. The molecule has 0 spiro atoms. The molecule has 1 atom stereocenters. The fourth-order valence-electron chi connectivity index (χ4n) is 20.0. The zero-order valence-electron chi connectivity index (χ0n) is 66.7. The van der Waals surface area contributed by atoms with Crippen molar-refractivity contribution in [1.82, 2.24) is 34.5 Å². The molecule has 10 heteroatoms. The number of furan rings is 1. The minimum absolute atomic E-state index is 0.526. The molecule has 6 heterocycles. The highest BCUT2D eigenvalue weighted by atomic mass is 32.1. The Morgan fingerprint density at radius 3 is 1.18 bits per heavy atom. The maximum Gasteiger partial charge on any atom is 0.167 e. The lowest BCUT2D eigenvalue weighted by atomic mass is 9.67. The van der Waals surface area contributed by atoms with Crippen LogP contribution in [0.4, 0.5) is 0 Å². The molecule has 17 aromatic carbocycles. The molecular weight excluding hydrogens is 1550 g/mol. The van der Waals surface area contributed by atoms with E-state index in [1.807, 2.05) is 12.1 Å². The Labute approximate surface area is 722 Å². The summed E-state index contributed by atoms with van der Waals surface area (Å²) in [6.07, 6.45) is 0. The van der Waals surface area contributed by atoms with Crippen molar-refractivity contribution < 1.29 is 4.42 Å². The highest BCUT2D eigenvalue weighted by molar-refractivity contribution is 7.22. The normalized spacial score (nSPS) is 13.7. The Hall–Kier alpha value is -15.7. The van der Waals surface area contributed by atoms with E-state index in [-0.39, 0.29) is 0 Å². The molecule has 578 valence electrons. The second-order valence-electron chi connectivity index (χ2n) is 32.2. The summed E-state index contributed by atoms with van der Waals surface area (Å²) >= 11 is 3.60. The maximum atomic E-state index is 6.75. The number of hydrogen-bond acceptors (Lipinski definition) is 9. The van der Waals surface area contributed by atoms with Crippen molar-refractivity contribution in [2.75, 3.05) is 0 Å². The van der Waals surface area contributed by atoms with Gasteiger partial charge in [0.1, 0.15) is 11.2 Å². The Kier molecular flexibility index (Phi) is 16.4. The number of rotatable bonds is 14. The molecule has 0 N–H and O–H groups in total. The molecule has 0 fully saturated rings. The van der Waals surface area contributed by atoms with Gasteiger partial charge in [-0.25, -0.2) is 29.9 Å². The van der Waals surface area contributed by atoms with Crippen molar-refractivity contribution in [3.63, 3.8) is 0 Å². The van der Waals surface area contributed by atoms with Crippen LogP contribution in [0.15, 0.2) is 423 Å². The minimum Gasteiger partial charge on any atom is -0.455 e. The van der Waals surface area contributed by atoms with E-state index in [2.05, 4.69) is 411 Å². The van der Waals surface area contributed by atoms with Gasteiger partial charge in [0.25, 0.3) is 0 Å². The molecule has 0 radical (unpaired) electrons. The Morgan fingerprint density at radius 1 is 0.234 bits per heavy atom. The second-order valence-corrected chi connectivity index (χ2v) is 34.4. The van der Waals surface area contributed by atoms with Crippen LogP contribution in [0, 0.1) is 0 Å². The predicted molar refractivity (Wildman–Crippen MR) is 509 cm³/mol. The predicted octanol–water partition coefficient (Wildman–Crippen LogP) is 29.2. The summed E-state index contributed by atoms with van der Waals surface area (Å²) in [6, 6.07) is 151. The summed E-state index contributed by atoms with van der Waals surface area (Å²) in [6.45, 7) is 0. The Morgan fingerprint density at radius 2 is 0.613 bits per heavy atom. The fourth-order valence-corrected chi connectivity index (χ4v) is 22.2. The van der Waals surface area contributed by atoms with E-state index in [0.717, 1.165) is 144 Å². The van der Waals surface area contributed by atoms with Gasteiger partial charge >= 0.3 is 0 Å².